The third kappa shape index (κ3) is 8.29. The smallest absolute Gasteiger partial charge is 0.243 e. The summed E-state index contributed by atoms with van der Waals surface area (Å²) in [6.07, 6.45) is 3.30. The van der Waals surface area contributed by atoms with E-state index >= 15 is 0 Å². The largest absolute Gasteiger partial charge is 0.496 e. The number of likely N-dealkylation sites (N-methyl/N-ethyl adjacent to an activating group) is 2. The van der Waals surface area contributed by atoms with Crippen molar-refractivity contribution < 1.29 is 9.53 Å². The summed E-state index contributed by atoms with van der Waals surface area (Å²) >= 11 is 0. The molecule has 170 valence electrons. The molecule has 0 aliphatic carbocycles. The highest BCUT2D eigenvalue weighted by Crippen LogP contribution is 2.19. The third-order valence-electron chi connectivity index (χ3n) is 5.46. The molecule has 1 saturated heterocycles. The molecular weight excluding hydrogens is 493 g/mol. The third-order valence-corrected chi connectivity index (χ3v) is 5.46. The van der Waals surface area contributed by atoms with Crippen molar-refractivity contribution in [3.05, 3.63) is 29.3 Å². The van der Waals surface area contributed by atoms with Gasteiger partial charge in [0.15, 0.2) is 5.96 Å². The van der Waals surface area contributed by atoms with Crippen molar-refractivity contribution in [1.29, 1.82) is 0 Å². The van der Waals surface area contributed by atoms with Gasteiger partial charge in [0.05, 0.1) is 7.11 Å². The summed E-state index contributed by atoms with van der Waals surface area (Å²) in [5, 5.41) is 6.82. The molecule has 1 aliphatic heterocycles. The van der Waals surface area contributed by atoms with Crippen LogP contribution in [0.4, 0.5) is 0 Å². The van der Waals surface area contributed by atoms with Crippen LogP contribution < -0.4 is 15.4 Å². The average molecular weight is 531 g/mol. The highest BCUT2D eigenvalue weighted by molar-refractivity contribution is 14.0. The number of guanidine groups is 1. The predicted octanol–water partition coefficient (Wildman–Crippen LogP) is 2.27. The maximum atomic E-state index is 11.9. The molecule has 0 radical (unpaired) electrons. The number of hydrogen-bond acceptors (Lipinski definition) is 4. The topological polar surface area (TPSA) is 69.2 Å². The normalized spacial score (nSPS) is 16.7. The van der Waals surface area contributed by atoms with Gasteiger partial charge in [-0.3, -0.25) is 9.69 Å². The number of hydrogen-bond donors (Lipinski definition) is 2. The van der Waals surface area contributed by atoms with E-state index in [1.165, 1.54) is 18.4 Å². The number of aliphatic imine (C=N–C) groups is 1. The number of aryl methyl sites for hydroxylation is 1. The number of amides is 1. The molecule has 30 heavy (non-hydrogen) atoms. The number of carbonyl (C=O) groups excluding carboxylic acids is 1. The zero-order valence-electron chi connectivity index (χ0n) is 19.0. The second-order valence-electron chi connectivity index (χ2n) is 7.74. The molecule has 0 bridgehead atoms. The predicted molar refractivity (Wildman–Crippen MR) is 134 cm³/mol. The molecule has 1 heterocycles. The SMILES string of the molecule is CCN1CCCC1CNC(=NCC(=O)N(C)C)NCCc1ccc(C)c(OC)c1.I. The van der Waals surface area contributed by atoms with E-state index < -0.39 is 0 Å². The minimum absolute atomic E-state index is 0. The lowest BCUT2D eigenvalue weighted by molar-refractivity contribution is -0.127. The highest BCUT2D eigenvalue weighted by Gasteiger charge is 2.22. The van der Waals surface area contributed by atoms with E-state index in [9.17, 15) is 4.79 Å². The molecule has 8 heteroatoms. The van der Waals surface area contributed by atoms with E-state index in [0.717, 1.165) is 43.9 Å². The molecule has 1 amide bonds. The van der Waals surface area contributed by atoms with Crippen molar-refractivity contribution in [2.45, 2.75) is 39.2 Å². The minimum Gasteiger partial charge on any atom is -0.496 e. The van der Waals surface area contributed by atoms with Crippen LogP contribution in [0.15, 0.2) is 23.2 Å². The monoisotopic (exact) mass is 531 g/mol. The van der Waals surface area contributed by atoms with Gasteiger partial charge in [0, 0.05) is 33.2 Å². The first-order chi connectivity index (χ1) is 13.9. The van der Waals surface area contributed by atoms with E-state index in [1.807, 2.05) is 6.92 Å². The molecule has 1 atom stereocenters. The van der Waals surface area contributed by atoms with Crippen LogP contribution in [0, 0.1) is 6.92 Å². The van der Waals surface area contributed by atoms with Crippen molar-refractivity contribution in [1.82, 2.24) is 20.4 Å². The molecule has 1 aromatic rings. The van der Waals surface area contributed by atoms with Crippen molar-refractivity contribution >= 4 is 35.8 Å². The lowest BCUT2D eigenvalue weighted by Gasteiger charge is -2.24. The molecule has 2 N–H and O–H groups in total. The van der Waals surface area contributed by atoms with Crippen molar-refractivity contribution in [3.8, 4) is 5.75 Å². The van der Waals surface area contributed by atoms with Crippen LogP contribution in [0.3, 0.4) is 0 Å². The first kappa shape index (κ1) is 26.5. The number of methoxy groups -OCH3 is 1. The molecule has 7 nitrogen and oxygen atoms in total. The number of rotatable bonds is 9. The molecule has 1 unspecified atom stereocenters. The van der Waals surface area contributed by atoms with Crippen LogP contribution in [0.1, 0.15) is 30.9 Å². The highest BCUT2D eigenvalue weighted by atomic mass is 127. The Balaban J connectivity index is 0.00000450. The zero-order chi connectivity index (χ0) is 21.2. The summed E-state index contributed by atoms with van der Waals surface area (Å²) in [6.45, 7) is 8.20. The van der Waals surface area contributed by atoms with Gasteiger partial charge in [-0.15, -0.1) is 24.0 Å². The summed E-state index contributed by atoms with van der Waals surface area (Å²) in [4.78, 5) is 20.5. The van der Waals surface area contributed by atoms with E-state index in [0.29, 0.717) is 12.0 Å². The molecule has 1 aliphatic rings. The number of halogens is 1. The molecular formula is C22H38IN5O2. The molecule has 1 aromatic carbocycles. The number of ether oxygens (including phenoxy) is 1. The number of benzene rings is 1. The summed E-state index contributed by atoms with van der Waals surface area (Å²) < 4.78 is 5.41. The quantitative estimate of drug-likeness (QED) is 0.291. The fourth-order valence-electron chi connectivity index (χ4n) is 3.56. The molecule has 2 rings (SSSR count). The van der Waals surface area contributed by atoms with Gasteiger partial charge in [0.25, 0.3) is 0 Å². The Kier molecular flexibility index (Phi) is 12.1. The maximum Gasteiger partial charge on any atom is 0.243 e. The number of nitrogens with one attached hydrogen (secondary N) is 2. The van der Waals surface area contributed by atoms with Gasteiger partial charge in [0.1, 0.15) is 12.3 Å². The summed E-state index contributed by atoms with van der Waals surface area (Å²) in [5.74, 6) is 1.60. The summed E-state index contributed by atoms with van der Waals surface area (Å²) in [5.41, 5.74) is 2.34. The lowest BCUT2D eigenvalue weighted by atomic mass is 10.1. The zero-order valence-corrected chi connectivity index (χ0v) is 21.4. The first-order valence-corrected chi connectivity index (χ1v) is 10.5. The van der Waals surface area contributed by atoms with E-state index in [4.69, 9.17) is 4.74 Å². The van der Waals surface area contributed by atoms with Gasteiger partial charge < -0.3 is 20.3 Å². The molecule has 1 fully saturated rings. The van der Waals surface area contributed by atoms with E-state index in [1.54, 1.807) is 26.1 Å². The Bertz CT molecular complexity index is 696. The van der Waals surface area contributed by atoms with Gasteiger partial charge >= 0.3 is 0 Å². The first-order valence-electron chi connectivity index (χ1n) is 10.5. The van der Waals surface area contributed by atoms with Crippen molar-refractivity contribution in [2.24, 2.45) is 4.99 Å². The van der Waals surface area contributed by atoms with Crippen molar-refractivity contribution in [2.75, 3.05) is 53.9 Å². The fourth-order valence-corrected chi connectivity index (χ4v) is 3.56. The Morgan fingerprint density at radius 3 is 2.77 bits per heavy atom. The van der Waals surface area contributed by atoms with Crippen molar-refractivity contribution in [3.63, 3.8) is 0 Å². The van der Waals surface area contributed by atoms with Crippen LogP contribution in [0.2, 0.25) is 0 Å². The van der Waals surface area contributed by atoms with Crippen LogP contribution in [0.5, 0.6) is 5.75 Å². The van der Waals surface area contributed by atoms with E-state index in [2.05, 4.69) is 45.6 Å². The number of carbonyl (C=O) groups is 1. The van der Waals surface area contributed by atoms with Crippen LogP contribution in [-0.2, 0) is 11.2 Å². The van der Waals surface area contributed by atoms with Gasteiger partial charge in [-0.1, -0.05) is 19.1 Å². The molecule has 0 spiro atoms. The second-order valence-corrected chi connectivity index (χ2v) is 7.74. The van der Waals surface area contributed by atoms with Crippen LogP contribution in [0.25, 0.3) is 0 Å². The standard InChI is InChI=1S/C22H37N5O2.HI/c1-6-27-13-7-8-19(27)15-24-22(25-16-21(28)26(3)4)23-12-11-18-10-9-17(2)20(14-18)29-5;/h9-10,14,19H,6-8,11-13,15-16H2,1-5H3,(H2,23,24,25);1H. The van der Waals surface area contributed by atoms with Crippen LogP contribution in [-0.4, -0.2) is 81.6 Å². The van der Waals surface area contributed by atoms with Gasteiger partial charge in [-0.05, 0) is 56.5 Å². The Hall–Kier alpha value is -1.55. The number of nitrogens with zero attached hydrogens (tertiary/aromatic N) is 3. The second kappa shape index (κ2) is 13.7. The Morgan fingerprint density at radius 2 is 2.10 bits per heavy atom. The fraction of sp³-hybridized carbons (Fsp3) is 0.636. The maximum absolute atomic E-state index is 11.9. The van der Waals surface area contributed by atoms with Gasteiger partial charge in [-0.2, -0.15) is 0 Å². The van der Waals surface area contributed by atoms with Crippen LogP contribution >= 0.6 is 24.0 Å². The molecule has 0 aromatic heterocycles. The minimum atomic E-state index is -0.00887. The van der Waals surface area contributed by atoms with Gasteiger partial charge in [0.2, 0.25) is 5.91 Å². The van der Waals surface area contributed by atoms with Gasteiger partial charge in [-0.25, -0.2) is 4.99 Å². The lowest BCUT2D eigenvalue weighted by Crippen LogP contribution is -2.45. The Labute approximate surface area is 198 Å². The number of likely N-dealkylation sites (tertiary alicyclic amines) is 1. The summed E-state index contributed by atoms with van der Waals surface area (Å²) in [7, 11) is 5.20. The Morgan fingerprint density at radius 1 is 1.33 bits per heavy atom. The molecule has 0 saturated carbocycles. The summed E-state index contributed by atoms with van der Waals surface area (Å²) in [6, 6.07) is 6.81. The average Bonchev–Trinajstić information content (AvgIpc) is 3.17. The van der Waals surface area contributed by atoms with E-state index in [-0.39, 0.29) is 36.4 Å².